The molecule has 118 valence electrons. The Morgan fingerprint density at radius 1 is 1.00 bits per heavy atom. The van der Waals surface area contributed by atoms with Crippen LogP contribution in [0.25, 0.3) is 11.1 Å². The summed E-state index contributed by atoms with van der Waals surface area (Å²) in [5.41, 5.74) is 5.90. The molecule has 0 aromatic heterocycles. The Morgan fingerprint density at radius 3 is 2.48 bits per heavy atom. The molecule has 0 aliphatic heterocycles. The molecule has 1 N–H and O–H groups in total. The van der Waals surface area contributed by atoms with Crippen LogP contribution in [0, 0.1) is 0 Å². The molecule has 0 radical (unpaired) electrons. The Hall–Kier alpha value is -2.42. The van der Waals surface area contributed by atoms with Crippen molar-refractivity contribution in [2.24, 2.45) is 0 Å². The van der Waals surface area contributed by atoms with E-state index in [9.17, 15) is 9.59 Å². The Kier molecular flexibility index (Phi) is 4.56. The molecule has 3 nitrogen and oxygen atoms in total. The average molecular weight is 307 g/mol. The molecule has 0 atom stereocenters. The predicted octanol–water partition coefficient (Wildman–Crippen LogP) is 3.44. The summed E-state index contributed by atoms with van der Waals surface area (Å²) < 4.78 is 0. The molecule has 0 saturated heterocycles. The third-order valence-corrected chi connectivity index (χ3v) is 4.37. The molecule has 1 aliphatic rings. The number of nitrogens with one attached hydrogen (secondary N) is 1. The minimum absolute atomic E-state index is 0.0679. The van der Waals surface area contributed by atoms with Crippen LogP contribution in [0.2, 0.25) is 0 Å². The van der Waals surface area contributed by atoms with Crippen LogP contribution >= 0.6 is 0 Å². The van der Waals surface area contributed by atoms with Crippen molar-refractivity contribution in [3.63, 3.8) is 0 Å². The molecule has 1 aliphatic carbocycles. The van der Waals surface area contributed by atoms with E-state index in [1.54, 1.807) is 0 Å². The predicted molar refractivity (Wildman–Crippen MR) is 91.0 cm³/mol. The van der Waals surface area contributed by atoms with Crippen LogP contribution in [0.15, 0.2) is 42.5 Å². The van der Waals surface area contributed by atoms with Gasteiger partial charge in [-0.1, -0.05) is 49.4 Å². The number of ketones is 1. The zero-order valence-electron chi connectivity index (χ0n) is 13.4. The largest absolute Gasteiger partial charge is 0.352 e. The molecule has 1 amide bonds. The number of hydrogen-bond donors (Lipinski definition) is 1. The lowest BCUT2D eigenvalue weighted by molar-refractivity contribution is -0.121. The van der Waals surface area contributed by atoms with E-state index in [0.29, 0.717) is 31.6 Å². The molecule has 0 saturated carbocycles. The minimum Gasteiger partial charge on any atom is -0.352 e. The third-order valence-electron chi connectivity index (χ3n) is 4.37. The van der Waals surface area contributed by atoms with Crippen LogP contribution in [0.5, 0.6) is 0 Å². The molecular weight excluding hydrogens is 286 g/mol. The van der Waals surface area contributed by atoms with Gasteiger partial charge in [-0.25, -0.2) is 0 Å². The maximum absolute atomic E-state index is 11.5. The normalized spacial score (nSPS) is 13.5. The zero-order valence-corrected chi connectivity index (χ0v) is 13.4. The summed E-state index contributed by atoms with van der Waals surface area (Å²) in [5.74, 6) is 0.405. The molecule has 0 heterocycles. The molecule has 2 aromatic carbocycles. The van der Waals surface area contributed by atoms with E-state index in [1.165, 1.54) is 16.7 Å². The SMILES string of the molecule is CCC(=O)NCc1ccc(-c2ccc3c(c2)CCC(=O)C3)cc1. The van der Waals surface area contributed by atoms with E-state index >= 15 is 0 Å². The molecule has 3 rings (SSSR count). The molecule has 0 spiro atoms. The summed E-state index contributed by atoms with van der Waals surface area (Å²) in [7, 11) is 0. The van der Waals surface area contributed by atoms with Crippen molar-refractivity contribution in [1.29, 1.82) is 0 Å². The molecule has 3 heteroatoms. The first kappa shape index (κ1) is 15.5. The van der Waals surface area contributed by atoms with Gasteiger partial charge in [-0.3, -0.25) is 9.59 Å². The number of rotatable bonds is 4. The number of aryl methyl sites for hydroxylation is 1. The number of fused-ring (bicyclic) bond motifs is 1. The molecule has 0 bridgehead atoms. The average Bonchev–Trinajstić information content (AvgIpc) is 2.59. The molecule has 0 unspecified atom stereocenters. The van der Waals surface area contributed by atoms with Crippen molar-refractivity contribution in [2.45, 2.75) is 39.2 Å². The van der Waals surface area contributed by atoms with Gasteiger partial charge >= 0.3 is 0 Å². The van der Waals surface area contributed by atoms with Gasteiger partial charge in [0.1, 0.15) is 5.78 Å². The van der Waals surface area contributed by atoms with E-state index < -0.39 is 0 Å². The molecule has 0 fully saturated rings. The first-order chi connectivity index (χ1) is 11.2. The van der Waals surface area contributed by atoms with E-state index in [-0.39, 0.29) is 5.91 Å². The van der Waals surface area contributed by atoms with Crippen LogP contribution in [-0.2, 0) is 29.0 Å². The van der Waals surface area contributed by atoms with Crippen molar-refractivity contribution in [1.82, 2.24) is 5.32 Å². The molecular formula is C20H21NO2. The molecule has 23 heavy (non-hydrogen) atoms. The van der Waals surface area contributed by atoms with Crippen molar-refractivity contribution in [2.75, 3.05) is 0 Å². The van der Waals surface area contributed by atoms with Gasteiger partial charge in [0.15, 0.2) is 0 Å². The van der Waals surface area contributed by atoms with Crippen LogP contribution in [0.4, 0.5) is 0 Å². The Balaban J connectivity index is 1.74. The van der Waals surface area contributed by atoms with Gasteiger partial charge in [0.2, 0.25) is 5.91 Å². The lowest BCUT2D eigenvalue weighted by atomic mass is 9.88. The van der Waals surface area contributed by atoms with Crippen molar-refractivity contribution >= 4 is 11.7 Å². The Morgan fingerprint density at radius 2 is 1.74 bits per heavy atom. The van der Waals surface area contributed by atoms with Crippen LogP contribution in [0.1, 0.15) is 36.5 Å². The zero-order chi connectivity index (χ0) is 16.2. The fourth-order valence-corrected chi connectivity index (χ4v) is 2.93. The van der Waals surface area contributed by atoms with Gasteiger partial charge in [0, 0.05) is 25.8 Å². The smallest absolute Gasteiger partial charge is 0.219 e. The van der Waals surface area contributed by atoms with Gasteiger partial charge in [-0.15, -0.1) is 0 Å². The second-order valence-electron chi connectivity index (χ2n) is 6.03. The standard InChI is InChI=1S/C20H21NO2/c1-2-20(23)21-13-14-3-5-15(6-4-14)16-7-8-18-12-19(22)10-9-17(18)11-16/h3-8,11H,2,9-10,12-13H2,1H3,(H,21,23). The molecule has 2 aromatic rings. The summed E-state index contributed by atoms with van der Waals surface area (Å²) >= 11 is 0. The minimum atomic E-state index is 0.0679. The second-order valence-corrected chi connectivity index (χ2v) is 6.03. The first-order valence-corrected chi connectivity index (χ1v) is 8.15. The van der Waals surface area contributed by atoms with Crippen molar-refractivity contribution in [3.8, 4) is 11.1 Å². The number of carbonyl (C=O) groups excluding carboxylic acids is 2. The monoisotopic (exact) mass is 307 g/mol. The number of carbonyl (C=O) groups is 2. The number of Topliss-reactive ketones (excluding diaryl/α,β-unsaturated/α-hetero) is 1. The van der Waals surface area contributed by atoms with Crippen LogP contribution in [-0.4, -0.2) is 11.7 Å². The lowest BCUT2D eigenvalue weighted by Gasteiger charge is -2.16. The Labute approximate surface area is 136 Å². The highest BCUT2D eigenvalue weighted by Crippen LogP contribution is 2.26. The number of hydrogen-bond acceptors (Lipinski definition) is 2. The van der Waals surface area contributed by atoms with Gasteiger partial charge in [-0.05, 0) is 34.2 Å². The highest BCUT2D eigenvalue weighted by molar-refractivity contribution is 5.83. The fraction of sp³-hybridized carbons (Fsp3) is 0.300. The third kappa shape index (κ3) is 3.67. The maximum Gasteiger partial charge on any atom is 0.219 e. The summed E-state index contributed by atoms with van der Waals surface area (Å²) in [5, 5.41) is 2.88. The van der Waals surface area contributed by atoms with Gasteiger partial charge < -0.3 is 5.32 Å². The fourth-order valence-electron chi connectivity index (χ4n) is 2.93. The lowest BCUT2D eigenvalue weighted by Crippen LogP contribution is -2.21. The Bertz CT molecular complexity index is 732. The van der Waals surface area contributed by atoms with E-state index in [0.717, 1.165) is 17.5 Å². The van der Waals surface area contributed by atoms with Gasteiger partial charge in [-0.2, -0.15) is 0 Å². The van der Waals surface area contributed by atoms with Gasteiger partial charge in [0.05, 0.1) is 0 Å². The highest BCUT2D eigenvalue weighted by Gasteiger charge is 2.15. The summed E-state index contributed by atoms with van der Waals surface area (Å²) in [6.07, 6.45) is 2.59. The topological polar surface area (TPSA) is 46.2 Å². The quantitative estimate of drug-likeness (QED) is 0.940. The first-order valence-electron chi connectivity index (χ1n) is 8.15. The van der Waals surface area contributed by atoms with Crippen molar-refractivity contribution < 1.29 is 9.59 Å². The van der Waals surface area contributed by atoms with Crippen LogP contribution < -0.4 is 5.32 Å². The summed E-state index contributed by atoms with van der Waals surface area (Å²) in [6.45, 7) is 2.42. The maximum atomic E-state index is 11.5. The number of amides is 1. The van der Waals surface area contributed by atoms with Crippen LogP contribution in [0.3, 0.4) is 0 Å². The summed E-state index contributed by atoms with van der Waals surface area (Å²) in [4.78, 5) is 22.8. The van der Waals surface area contributed by atoms with E-state index in [2.05, 4.69) is 35.6 Å². The van der Waals surface area contributed by atoms with Gasteiger partial charge in [0.25, 0.3) is 0 Å². The van der Waals surface area contributed by atoms with E-state index in [1.807, 2.05) is 19.1 Å². The number of benzene rings is 2. The van der Waals surface area contributed by atoms with Crippen molar-refractivity contribution in [3.05, 3.63) is 59.2 Å². The summed E-state index contributed by atoms with van der Waals surface area (Å²) in [6, 6.07) is 14.6. The second kappa shape index (κ2) is 6.78. The van der Waals surface area contributed by atoms with E-state index in [4.69, 9.17) is 0 Å². The highest BCUT2D eigenvalue weighted by atomic mass is 16.1.